The van der Waals surface area contributed by atoms with Crippen LogP contribution in [0.3, 0.4) is 0 Å². The van der Waals surface area contributed by atoms with Gasteiger partial charge in [0.2, 0.25) is 5.95 Å². The Balaban J connectivity index is 1.50. The second-order valence-corrected chi connectivity index (χ2v) is 8.14. The molecule has 0 spiro atoms. The molecular formula is C25H26N4O3. The lowest BCUT2D eigenvalue weighted by molar-refractivity contribution is -0.116. The number of Topliss-reactive ketones (excluding diaryl/α,β-unsaturated/α-hetero) is 1. The molecule has 1 aliphatic heterocycles. The molecule has 1 N–H and O–H groups in total. The number of benzene rings is 2. The van der Waals surface area contributed by atoms with Crippen molar-refractivity contribution in [1.29, 1.82) is 0 Å². The summed E-state index contributed by atoms with van der Waals surface area (Å²) in [5.74, 6) is 2.14. The van der Waals surface area contributed by atoms with Gasteiger partial charge in [0.1, 0.15) is 19.0 Å². The van der Waals surface area contributed by atoms with E-state index in [4.69, 9.17) is 9.47 Å². The van der Waals surface area contributed by atoms with Crippen molar-refractivity contribution in [2.75, 3.05) is 11.9 Å². The maximum absolute atomic E-state index is 12.9. The monoisotopic (exact) mass is 430 g/mol. The third-order valence-corrected chi connectivity index (χ3v) is 5.87. The molecule has 2 heterocycles. The summed E-state index contributed by atoms with van der Waals surface area (Å²) < 4.78 is 13.8. The van der Waals surface area contributed by atoms with Crippen LogP contribution in [-0.4, -0.2) is 27.2 Å². The first-order chi connectivity index (χ1) is 15.6. The lowest BCUT2D eigenvalue weighted by atomic mass is 9.85. The number of fused-ring (bicyclic) bond motifs is 1. The van der Waals surface area contributed by atoms with Crippen molar-refractivity contribution in [3.63, 3.8) is 0 Å². The average molecular weight is 431 g/mol. The van der Waals surface area contributed by atoms with Gasteiger partial charge in [0, 0.05) is 17.7 Å². The predicted octanol–water partition coefficient (Wildman–Crippen LogP) is 4.59. The van der Waals surface area contributed by atoms with Gasteiger partial charge in [0.15, 0.2) is 17.3 Å². The van der Waals surface area contributed by atoms with E-state index in [1.54, 1.807) is 4.68 Å². The highest BCUT2D eigenvalue weighted by atomic mass is 16.5. The van der Waals surface area contributed by atoms with Crippen LogP contribution in [0.15, 0.2) is 60.1 Å². The molecule has 1 atom stereocenters. The number of allylic oxidation sites excluding steroid dienone is 2. The number of rotatable bonds is 6. The van der Waals surface area contributed by atoms with Gasteiger partial charge in [-0.2, -0.15) is 10.1 Å². The summed E-state index contributed by atoms with van der Waals surface area (Å²) in [6.45, 7) is 4.98. The largest absolute Gasteiger partial charge is 0.490 e. The molecule has 0 radical (unpaired) electrons. The second-order valence-electron chi connectivity index (χ2n) is 8.14. The van der Waals surface area contributed by atoms with E-state index >= 15 is 0 Å². The minimum absolute atomic E-state index is 0.155. The van der Waals surface area contributed by atoms with E-state index in [0.717, 1.165) is 35.2 Å². The zero-order valence-electron chi connectivity index (χ0n) is 18.3. The van der Waals surface area contributed by atoms with Crippen LogP contribution in [0, 0.1) is 6.92 Å². The van der Waals surface area contributed by atoms with Gasteiger partial charge in [0.05, 0.1) is 6.61 Å². The smallest absolute Gasteiger partial charge is 0.226 e. The number of nitrogens with zero attached hydrogens (tertiary/aromatic N) is 3. The molecule has 32 heavy (non-hydrogen) atoms. The molecule has 0 amide bonds. The van der Waals surface area contributed by atoms with Crippen molar-refractivity contribution < 1.29 is 14.3 Å². The molecule has 1 unspecified atom stereocenters. The normalized spacial score (nSPS) is 17.4. The minimum atomic E-state index is -0.332. The topological polar surface area (TPSA) is 78.3 Å². The summed E-state index contributed by atoms with van der Waals surface area (Å²) in [6, 6.07) is 13.8. The zero-order chi connectivity index (χ0) is 22.1. The average Bonchev–Trinajstić information content (AvgIpc) is 3.25. The summed E-state index contributed by atoms with van der Waals surface area (Å²) in [7, 11) is 0. The molecular weight excluding hydrogens is 404 g/mol. The van der Waals surface area contributed by atoms with Crippen LogP contribution in [0.5, 0.6) is 11.5 Å². The molecule has 1 aliphatic carbocycles. The first-order valence-corrected chi connectivity index (χ1v) is 11.0. The molecule has 5 rings (SSSR count). The summed E-state index contributed by atoms with van der Waals surface area (Å²) >= 11 is 0. The molecule has 7 nitrogen and oxygen atoms in total. The van der Waals surface area contributed by atoms with Crippen molar-refractivity contribution >= 4 is 11.7 Å². The van der Waals surface area contributed by atoms with E-state index in [9.17, 15) is 4.79 Å². The zero-order valence-corrected chi connectivity index (χ0v) is 18.3. The van der Waals surface area contributed by atoms with Crippen molar-refractivity contribution in [3.05, 3.63) is 76.8 Å². The number of aromatic nitrogens is 3. The molecule has 0 bridgehead atoms. The Morgan fingerprint density at radius 1 is 1.12 bits per heavy atom. The summed E-state index contributed by atoms with van der Waals surface area (Å²) in [6.07, 6.45) is 3.75. The van der Waals surface area contributed by atoms with E-state index in [1.807, 2.05) is 37.3 Å². The molecule has 2 aliphatic rings. The van der Waals surface area contributed by atoms with E-state index in [0.29, 0.717) is 37.1 Å². The summed E-state index contributed by atoms with van der Waals surface area (Å²) in [5, 5.41) is 7.70. The summed E-state index contributed by atoms with van der Waals surface area (Å²) in [4.78, 5) is 17.2. The van der Waals surface area contributed by atoms with Crippen LogP contribution in [0.25, 0.3) is 0 Å². The van der Waals surface area contributed by atoms with Gasteiger partial charge in [-0.1, -0.05) is 35.9 Å². The second kappa shape index (κ2) is 8.49. The first kappa shape index (κ1) is 20.3. The van der Waals surface area contributed by atoms with Gasteiger partial charge in [-0.15, -0.1) is 0 Å². The number of nitrogens with one attached hydrogen (secondary N) is 1. The molecule has 0 fully saturated rings. The van der Waals surface area contributed by atoms with E-state index in [2.05, 4.69) is 34.5 Å². The molecule has 0 saturated carbocycles. The fourth-order valence-corrected chi connectivity index (χ4v) is 4.45. The molecule has 7 heteroatoms. The molecule has 3 aromatic rings. The number of hydrogen-bond donors (Lipinski definition) is 1. The third-order valence-electron chi connectivity index (χ3n) is 5.87. The third kappa shape index (κ3) is 3.75. The van der Waals surface area contributed by atoms with Gasteiger partial charge in [-0.25, -0.2) is 4.68 Å². The molecule has 164 valence electrons. The molecule has 1 aromatic heterocycles. The van der Waals surface area contributed by atoms with Gasteiger partial charge < -0.3 is 14.8 Å². The highest BCUT2D eigenvalue weighted by Gasteiger charge is 2.36. The summed E-state index contributed by atoms with van der Waals surface area (Å²) in [5.41, 5.74) is 4.94. The maximum atomic E-state index is 12.9. The van der Waals surface area contributed by atoms with E-state index in [-0.39, 0.29) is 11.8 Å². The molecule has 2 aromatic carbocycles. The Bertz CT molecular complexity index is 1200. The van der Waals surface area contributed by atoms with Crippen LogP contribution in [-0.2, 0) is 11.4 Å². The van der Waals surface area contributed by atoms with Gasteiger partial charge in [-0.3, -0.25) is 4.79 Å². The van der Waals surface area contributed by atoms with Gasteiger partial charge in [-0.05, 0) is 49.9 Å². The number of hydrogen-bond acceptors (Lipinski definition) is 6. The number of ether oxygens (including phenoxy) is 2. The predicted molar refractivity (Wildman–Crippen MR) is 121 cm³/mol. The Morgan fingerprint density at radius 2 is 2.03 bits per heavy atom. The Hall–Kier alpha value is -3.61. The fraction of sp³-hybridized carbons (Fsp3) is 0.320. The fourth-order valence-electron chi connectivity index (χ4n) is 4.45. The van der Waals surface area contributed by atoms with Crippen molar-refractivity contribution in [2.45, 2.75) is 45.8 Å². The van der Waals surface area contributed by atoms with Crippen molar-refractivity contribution in [1.82, 2.24) is 14.8 Å². The van der Waals surface area contributed by atoms with Crippen LogP contribution in [0.1, 0.15) is 48.9 Å². The van der Waals surface area contributed by atoms with E-state index < -0.39 is 0 Å². The number of carbonyl (C=O) groups is 1. The Kier molecular flexibility index (Phi) is 5.39. The first-order valence-electron chi connectivity index (χ1n) is 11.0. The number of anilines is 1. The number of aryl methyl sites for hydroxylation is 1. The standard InChI is InChI=1S/C25H26N4O3/c1-3-31-22-13-18(10-11-21(22)32-14-17-7-4-6-16(2)12-17)24-23-19(8-5-9-20(23)30)28-25-26-15-27-29(24)25/h4,6-7,10-13,15,24H,3,5,8-9,14H2,1-2H3,(H,26,27,28). The van der Waals surface area contributed by atoms with Crippen LogP contribution >= 0.6 is 0 Å². The lowest BCUT2D eigenvalue weighted by Gasteiger charge is -2.32. The molecule has 0 saturated heterocycles. The van der Waals surface area contributed by atoms with Gasteiger partial charge in [0.25, 0.3) is 0 Å². The Labute approximate surface area is 187 Å². The number of carbonyl (C=O) groups excluding carboxylic acids is 1. The van der Waals surface area contributed by atoms with Crippen LogP contribution < -0.4 is 14.8 Å². The minimum Gasteiger partial charge on any atom is -0.490 e. The lowest BCUT2D eigenvalue weighted by Crippen LogP contribution is -2.31. The van der Waals surface area contributed by atoms with Crippen LogP contribution in [0.4, 0.5) is 5.95 Å². The van der Waals surface area contributed by atoms with E-state index in [1.165, 1.54) is 11.9 Å². The van der Waals surface area contributed by atoms with Crippen LogP contribution in [0.2, 0.25) is 0 Å². The maximum Gasteiger partial charge on any atom is 0.226 e. The quantitative estimate of drug-likeness (QED) is 0.616. The van der Waals surface area contributed by atoms with Crippen molar-refractivity contribution in [3.8, 4) is 11.5 Å². The SMILES string of the molecule is CCOc1cc(C2C3=C(CCCC3=O)Nc3ncnn32)ccc1OCc1cccc(C)c1. The highest BCUT2D eigenvalue weighted by Crippen LogP contribution is 2.41. The van der Waals surface area contributed by atoms with Crippen molar-refractivity contribution in [2.24, 2.45) is 0 Å². The highest BCUT2D eigenvalue weighted by molar-refractivity contribution is 5.99. The number of ketones is 1. The van der Waals surface area contributed by atoms with Gasteiger partial charge >= 0.3 is 0 Å². The Morgan fingerprint density at radius 3 is 2.88 bits per heavy atom.